The number of nitrogens with two attached hydrogens (primary N) is 1. The molecule has 0 amide bonds. The first-order valence-corrected chi connectivity index (χ1v) is 7.22. The van der Waals surface area contributed by atoms with Gasteiger partial charge in [-0.05, 0) is 67.1 Å². The molecular formula is C18H22FNO. The molecule has 0 radical (unpaired) electrons. The Kier molecular flexibility index (Phi) is 5.34. The molecule has 0 aromatic heterocycles. The van der Waals surface area contributed by atoms with E-state index in [0.29, 0.717) is 6.42 Å². The van der Waals surface area contributed by atoms with E-state index in [9.17, 15) is 4.39 Å². The lowest BCUT2D eigenvalue weighted by atomic mass is 9.97. The highest BCUT2D eigenvalue weighted by Gasteiger charge is 2.08. The number of benzene rings is 2. The highest BCUT2D eigenvalue weighted by Crippen LogP contribution is 2.16. The molecule has 2 N–H and O–H groups in total. The van der Waals surface area contributed by atoms with Crippen molar-refractivity contribution in [3.63, 3.8) is 0 Å². The van der Waals surface area contributed by atoms with Gasteiger partial charge in [-0.2, -0.15) is 0 Å². The van der Waals surface area contributed by atoms with Gasteiger partial charge in [0.05, 0.1) is 7.11 Å². The molecule has 0 aliphatic rings. The molecule has 2 aromatic carbocycles. The molecule has 2 aromatic rings. The number of ether oxygens (including phenoxy) is 1. The summed E-state index contributed by atoms with van der Waals surface area (Å²) in [5.41, 5.74) is 9.51. The third-order valence-corrected chi connectivity index (χ3v) is 3.76. The maximum absolute atomic E-state index is 13.3. The largest absolute Gasteiger partial charge is 0.497 e. The minimum absolute atomic E-state index is 0.0348. The van der Waals surface area contributed by atoms with Gasteiger partial charge in [0.15, 0.2) is 0 Å². The predicted octanol–water partition coefficient (Wildman–Crippen LogP) is 3.65. The summed E-state index contributed by atoms with van der Waals surface area (Å²) in [5.74, 6) is 0.663. The zero-order valence-corrected chi connectivity index (χ0v) is 12.6. The highest BCUT2D eigenvalue weighted by molar-refractivity contribution is 5.28. The standard InChI is InChI=1S/C18H22FNO/c1-13-3-7-16(19)11-15(13)12-17(20)8-4-14-5-9-18(21-2)10-6-14/h3,5-7,9-11,17H,4,8,12,20H2,1-2H3. The summed E-state index contributed by atoms with van der Waals surface area (Å²) in [4.78, 5) is 0. The summed E-state index contributed by atoms with van der Waals surface area (Å²) in [6.07, 6.45) is 2.50. The lowest BCUT2D eigenvalue weighted by molar-refractivity contribution is 0.414. The van der Waals surface area contributed by atoms with E-state index in [2.05, 4.69) is 12.1 Å². The van der Waals surface area contributed by atoms with Gasteiger partial charge in [0.2, 0.25) is 0 Å². The number of methoxy groups -OCH3 is 1. The van der Waals surface area contributed by atoms with E-state index in [-0.39, 0.29) is 11.9 Å². The minimum Gasteiger partial charge on any atom is -0.497 e. The first-order chi connectivity index (χ1) is 10.1. The van der Waals surface area contributed by atoms with Gasteiger partial charge in [-0.25, -0.2) is 4.39 Å². The Bertz CT molecular complexity index is 580. The van der Waals surface area contributed by atoms with Gasteiger partial charge in [-0.15, -0.1) is 0 Å². The van der Waals surface area contributed by atoms with Crippen molar-refractivity contribution in [3.05, 3.63) is 65.0 Å². The summed E-state index contributed by atoms with van der Waals surface area (Å²) in [6, 6.07) is 12.9. The van der Waals surface area contributed by atoms with Gasteiger partial charge < -0.3 is 10.5 Å². The van der Waals surface area contributed by atoms with Crippen LogP contribution in [0.15, 0.2) is 42.5 Å². The van der Waals surface area contributed by atoms with E-state index in [0.717, 1.165) is 29.7 Å². The molecule has 0 spiro atoms. The second-order valence-corrected chi connectivity index (χ2v) is 5.42. The van der Waals surface area contributed by atoms with Crippen molar-refractivity contribution in [1.82, 2.24) is 0 Å². The third kappa shape index (κ3) is 4.57. The van der Waals surface area contributed by atoms with Gasteiger partial charge in [0.25, 0.3) is 0 Å². The van der Waals surface area contributed by atoms with Crippen LogP contribution in [0.5, 0.6) is 5.75 Å². The summed E-state index contributed by atoms with van der Waals surface area (Å²) in [5, 5.41) is 0. The van der Waals surface area contributed by atoms with E-state index in [1.807, 2.05) is 19.1 Å². The van der Waals surface area contributed by atoms with E-state index >= 15 is 0 Å². The van der Waals surface area contributed by atoms with Gasteiger partial charge >= 0.3 is 0 Å². The van der Waals surface area contributed by atoms with Crippen molar-refractivity contribution in [2.24, 2.45) is 5.73 Å². The monoisotopic (exact) mass is 287 g/mol. The number of rotatable bonds is 6. The van der Waals surface area contributed by atoms with Crippen LogP contribution < -0.4 is 10.5 Å². The first-order valence-electron chi connectivity index (χ1n) is 7.22. The van der Waals surface area contributed by atoms with Crippen LogP contribution in [0.1, 0.15) is 23.1 Å². The summed E-state index contributed by atoms with van der Waals surface area (Å²) < 4.78 is 18.4. The molecule has 1 unspecified atom stereocenters. The molecule has 3 heteroatoms. The van der Waals surface area contributed by atoms with Crippen LogP contribution in [0, 0.1) is 12.7 Å². The lowest BCUT2D eigenvalue weighted by Gasteiger charge is -2.14. The Morgan fingerprint density at radius 3 is 2.52 bits per heavy atom. The average molecular weight is 287 g/mol. The van der Waals surface area contributed by atoms with Gasteiger partial charge in [-0.3, -0.25) is 0 Å². The molecule has 0 fully saturated rings. The van der Waals surface area contributed by atoms with Gasteiger partial charge in [-0.1, -0.05) is 18.2 Å². The second-order valence-electron chi connectivity index (χ2n) is 5.42. The predicted molar refractivity (Wildman–Crippen MR) is 84.1 cm³/mol. The van der Waals surface area contributed by atoms with Crippen LogP contribution in [0.25, 0.3) is 0 Å². The lowest BCUT2D eigenvalue weighted by Crippen LogP contribution is -2.24. The van der Waals surface area contributed by atoms with Crippen molar-refractivity contribution >= 4 is 0 Å². The van der Waals surface area contributed by atoms with Gasteiger partial charge in [0.1, 0.15) is 11.6 Å². The SMILES string of the molecule is COc1ccc(CCC(N)Cc2cc(F)ccc2C)cc1. The number of halogens is 1. The summed E-state index contributed by atoms with van der Waals surface area (Å²) >= 11 is 0. The quantitative estimate of drug-likeness (QED) is 0.880. The Morgan fingerprint density at radius 2 is 1.86 bits per heavy atom. The molecule has 0 saturated carbocycles. The zero-order valence-electron chi connectivity index (χ0n) is 12.6. The minimum atomic E-state index is -0.196. The molecule has 0 aliphatic heterocycles. The van der Waals surface area contributed by atoms with Crippen LogP contribution in [0.4, 0.5) is 4.39 Å². The van der Waals surface area contributed by atoms with Crippen molar-refractivity contribution in [2.45, 2.75) is 32.2 Å². The Morgan fingerprint density at radius 1 is 1.14 bits per heavy atom. The molecule has 2 rings (SSSR count). The Labute approximate surface area is 125 Å². The first kappa shape index (κ1) is 15.5. The van der Waals surface area contributed by atoms with Crippen molar-refractivity contribution in [1.29, 1.82) is 0 Å². The summed E-state index contributed by atoms with van der Waals surface area (Å²) in [6.45, 7) is 1.99. The Balaban J connectivity index is 1.89. The molecule has 112 valence electrons. The van der Waals surface area contributed by atoms with Crippen LogP contribution >= 0.6 is 0 Å². The van der Waals surface area contributed by atoms with Crippen molar-refractivity contribution in [3.8, 4) is 5.75 Å². The van der Waals surface area contributed by atoms with Crippen LogP contribution in [-0.4, -0.2) is 13.2 Å². The fourth-order valence-corrected chi connectivity index (χ4v) is 2.39. The topological polar surface area (TPSA) is 35.2 Å². The van der Waals surface area contributed by atoms with Crippen molar-refractivity contribution in [2.75, 3.05) is 7.11 Å². The molecule has 0 bridgehead atoms. The molecule has 0 heterocycles. The smallest absolute Gasteiger partial charge is 0.123 e. The van der Waals surface area contributed by atoms with Crippen LogP contribution in [-0.2, 0) is 12.8 Å². The van der Waals surface area contributed by atoms with E-state index in [1.54, 1.807) is 19.2 Å². The molecular weight excluding hydrogens is 265 g/mol. The average Bonchev–Trinajstić information content (AvgIpc) is 2.49. The van der Waals surface area contributed by atoms with E-state index in [4.69, 9.17) is 10.5 Å². The third-order valence-electron chi connectivity index (χ3n) is 3.76. The highest BCUT2D eigenvalue weighted by atomic mass is 19.1. The van der Waals surface area contributed by atoms with Crippen LogP contribution in [0.2, 0.25) is 0 Å². The number of aryl methyl sites for hydroxylation is 2. The Hall–Kier alpha value is -1.87. The van der Waals surface area contributed by atoms with E-state index in [1.165, 1.54) is 11.6 Å². The zero-order chi connectivity index (χ0) is 15.2. The van der Waals surface area contributed by atoms with E-state index < -0.39 is 0 Å². The fourth-order valence-electron chi connectivity index (χ4n) is 2.39. The number of hydrogen-bond donors (Lipinski definition) is 1. The molecule has 2 nitrogen and oxygen atoms in total. The van der Waals surface area contributed by atoms with Gasteiger partial charge in [0, 0.05) is 6.04 Å². The van der Waals surface area contributed by atoms with Crippen molar-refractivity contribution < 1.29 is 9.13 Å². The fraction of sp³-hybridized carbons (Fsp3) is 0.333. The number of hydrogen-bond acceptors (Lipinski definition) is 2. The molecule has 0 aliphatic carbocycles. The molecule has 21 heavy (non-hydrogen) atoms. The van der Waals surface area contributed by atoms with Crippen LogP contribution in [0.3, 0.4) is 0 Å². The maximum Gasteiger partial charge on any atom is 0.123 e. The maximum atomic E-state index is 13.3. The summed E-state index contributed by atoms with van der Waals surface area (Å²) in [7, 11) is 1.66. The normalized spacial score (nSPS) is 12.2. The second kappa shape index (κ2) is 7.23. The molecule has 1 atom stereocenters. The molecule has 0 saturated heterocycles.